The van der Waals surface area contributed by atoms with Gasteiger partial charge >= 0.3 is 5.97 Å². The van der Waals surface area contributed by atoms with Crippen molar-refractivity contribution in [3.05, 3.63) is 18.6 Å². The van der Waals surface area contributed by atoms with E-state index in [4.69, 9.17) is 10.2 Å². The van der Waals surface area contributed by atoms with Crippen LogP contribution in [0.4, 0.5) is 0 Å². The molecule has 0 fully saturated rings. The summed E-state index contributed by atoms with van der Waals surface area (Å²) in [5.74, 6) is -1.74. The van der Waals surface area contributed by atoms with Crippen molar-refractivity contribution >= 4 is 19.1 Å². The van der Waals surface area contributed by atoms with E-state index < -0.39 is 31.8 Å². The molecular formula is C15H28AuN4O4P-. The Labute approximate surface area is 165 Å². The van der Waals surface area contributed by atoms with Crippen LogP contribution >= 0.6 is 7.26 Å². The number of aliphatic hydroxyl groups is 1. The fourth-order valence-corrected chi connectivity index (χ4v) is 3.01. The average Bonchev–Trinajstić information content (AvgIpc) is 3.11. The Kier molecular flexibility index (Phi) is 15.2. The molecule has 0 aliphatic heterocycles. The van der Waals surface area contributed by atoms with Gasteiger partial charge in [-0.3, -0.25) is 4.79 Å². The summed E-state index contributed by atoms with van der Waals surface area (Å²) in [4.78, 5) is 21.7. The molecule has 1 heterocycles. The van der Waals surface area contributed by atoms with Crippen LogP contribution in [0.3, 0.4) is 0 Å². The Balaban J connectivity index is 0. The van der Waals surface area contributed by atoms with Crippen LogP contribution in [-0.2, 0) is 38.4 Å². The van der Waals surface area contributed by atoms with E-state index in [0.29, 0.717) is 12.1 Å². The monoisotopic (exact) mass is 556 g/mol. The van der Waals surface area contributed by atoms with Gasteiger partial charge in [0.1, 0.15) is 6.04 Å². The number of carbonyl (C=O) groups excluding carboxylic acids is 1. The predicted octanol–water partition coefficient (Wildman–Crippen LogP) is 0.952. The maximum absolute atomic E-state index is 11.3. The summed E-state index contributed by atoms with van der Waals surface area (Å²) in [7, 11) is -0.662. The summed E-state index contributed by atoms with van der Waals surface area (Å²) in [5, 5.41) is 28.7. The molecule has 0 aromatic carbocycles. The molecule has 0 spiro atoms. The number of nitrogens with one attached hydrogen (secondary N) is 2. The van der Waals surface area contributed by atoms with E-state index >= 15 is 0 Å². The number of hydrogen-bond donors (Lipinski definition) is 4. The molecule has 0 bridgehead atoms. The van der Waals surface area contributed by atoms with Crippen LogP contribution in [-0.4, -0.2) is 68.6 Å². The zero-order valence-electron chi connectivity index (χ0n) is 14.9. The van der Waals surface area contributed by atoms with Crippen molar-refractivity contribution in [1.29, 1.82) is 0 Å². The summed E-state index contributed by atoms with van der Waals surface area (Å²) in [5.41, 5.74) is 0.561. The van der Waals surface area contributed by atoms with Gasteiger partial charge in [0, 0.05) is 47.3 Å². The number of aromatic nitrogens is 3. The molecule has 1 rings (SSSR count). The van der Waals surface area contributed by atoms with Gasteiger partial charge in [0.2, 0.25) is 5.91 Å². The number of amides is 1. The van der Waals surface area contributed by atoms with E-state index in [0.717, 1.165) is 0 Å². The van der Waals surface area contributed by atoms with Crippen molar-refractivity contribution in [2.75, 3.05) is 25.1 Å². The second-order valence-electron chi connectivity index (χ2n) is 5.33. The third-order valence-electron chi connectivity index (χ3n) is 3.85. The SMILES string of the molecule is O=C(CCc1[c-]nn[nH]1)N[C@H](CO)C(=O)O.[Au].[CH2-][P+](CC)(CC)CC. The largest absolute Gasteiger partial charge is 0.480 e. The van der Waals surface area contributed by atoms with Crippen molar-refractivity contribution in [3.63, 3.8) is 0 Å². The average molecular weight is 556 g/mol. The molecule has 1 aromatic heterocycles. The second kappa shape index (κ2) is 14.4. The topological polar surface area (TPSA) is 128 Å². The first-order valence-corrected chi connectivity index (χ1v) is 10.5. The standard InChI is InChI=1S/C8H11N4O4.C7H17P.Au/c13-4-6(8(15)16)10-7(14)2-1-5-3-9-12-11-5;1-5-8(4,6-2)7-3;/h6,13H,1-2,4H2,(H,10,14)(H,15,16)(H,9,11,12);4-7H2,1-3H3;/q-1;;/t6-;;/m1../s1. The minimum Gasteiger partial charge on any atom is -0.480 e. The van der Waals surface area contributed by atoms with Crippen molar-refractivity contribution in [2.45, 2.75) is 39.7 Å². The summed E-state index contributed by atoms with van der Waals surface area (Å²) < 4.78 is 0. The molecule has 8 nitrogen and oxygen atoms in total. The maximum Gasteiger partial charge on any atom is 0.328 e. The number of aliphatic hydroxyl groups excluding tert-OH is 1. The van der Waals surface area contributed by atoms with Gasteiger partial charge in [-0.1, -0.05) is 0 Å². The first-order chi connectivity index (χ1) is 11.3. The molecular weight excluding hydrogens is 528 g/mol. The van der Waals surface area contributed by atoms with Gasteiger partial charge in [0.25, 0.3) is 0 Å². The normalized spacial score (nSPS) is 11.6. The molecule has 0 unspecified atom stereocenters. The third-order valence-corrected chi connectivity index (χ3v) is 7.88. The van der Waals surface area contributed by atoms with Crippen LogP contribution in [0.1, 0.15) is 32.9 Å². The smallest absolute Gasteiger partial charge is 0.328 e. The van der Waals surface area contributed by atoms with E-state index in [1.54, 1.807) is 0 Å². The van der Waals surface area contributed by atoms with Gasteiger partial charge in [-0.15, -0.1) is 18.2 Å². The predicted molar refractivity (Wildman–Crippen MR) is 94.1 cm³/mol. The Bertz CT molecular complexity index is 476. The number of carbonyl (C=O) groups is 2. The summed E-state index contributed by atoms with van der Waals surface area (Å²) in [6.45, 7) is 10.4. The molecule has 25 heavy (non-hydrogen) atoms. The van der Waals surface area contributed by atoms with Gasteiger partial charge in [-0.2, -0.15) is 6.66 Å². The minimum atomic E-state index is -1.27. The van der Waals surface area contributed by atoms with Gasteiger partial charge in [-0.25, -0.2) is 4.79 Å². The van der Waals surface area contributed by atoms with Gasteiger partial charge < -0.3 is 31.9 Å². The Morgan fingerprint density at radius 2 is 1.88 bits per heavy atom. The van der Waals surface area contributed by atoms with Crippen molar-refractivity contribution in [1.82, 2.24) is 20.7 Å². The quantitative estimate of drug-likeness (QED) is 0.204. The van der Waals surface area contributed by atoms with Crippen LogP contribution in [0, 0.1) is 12.9 Å². The molecule has 0 aliphatic carbocycles. The Hall–Kier alpha value is -0.790. The van der Waals surface area contributed by atoms with Gasteiger partial charge in [0.15, 0.2) is 0 Å². The second-order valence-corrected chi connectivity index (χ2v) is 9.91. The molecule has 10 heteroatoms. The number of carboxylic acids is 1. The third kappa shape index (κ3) is 11.4. The number of aliphatic carboxylic acids is 1. The van der Waals surface area contributed by atoms with Gasteiger partial charge in [-0.05, 0) is 27.2 Å². The molecule has 1 amide bonds. The number of H-pyrrole nitrogens is 1. The number of nitrogens with zero attached hydrogens (tertiary/aromatic N) is 2. The fraction of sp³-hybridized carbons (Fsp3) is 0.667. The number of aryl methyl sites for hydroxylation is 1. The van der Waals surface area contributed by atoms with Crippen LogP contribution in [0.15, 0.2) is 0 Å². The zero-order chi connectivity index (χ0) is 18.6. The van der Waals surface area contributed by atoms with Crippen molar-refractivity contribution in [3.8, 4) is 0 Å². The number of carboxylic acid groups (broad SMARTS) is 1. The van der Waals surface area contributed by atoms with Gasteiger partial charge in [0.05, 0.1) is 6.61 Å². The fourth-order valence-electron chi connectivity index (χ4n) is 1.67. The van der Waals surface area contributed by atoms with Crippen LogP contribution in [0.5, 0.6) is 0 Å². The molecule has 1 atom stereocenters. The summed E-state index contributed by atoms with van der Waals surface area (Å²) in [6, 6.07) is -1.27. The molecule has 149 valence electrons. The van der Waals surface area contributed by atoms with Crippen molar-refractivity contribution in [2.24, 2.45) is 0 Å². The van der Waals surface area contributed by atoms with E-state index in [1.165, 1.54) is 18.5 Å². The molecule has 4 N–H and O–H groups in total. The number of hydrogen-bond acceptors (Lipinski definition) is 5. The molecule has 1 radical (unpaired) electrons. The summed E-state index contributed by atoms with van der Waals surface area (Å²) >= 11 is 0. The van der Waals surface area contributed by atoms with Crippen LogP contribution in [0.25, 0.3) is 0 Å². The van der Waals surface area contributed by atoms with Crippen molar-refractivity contribution < 1.29 is 42.2 Å². The molecule has 0 saturated heterocycles. The van der Waals surface area contributed by atoms with E-state index in [9.17, 15) is 9.59 Å². The Morgan fingerprint density at radius 3 is 2.20 bits per heavy atom. The molecule has 0 saturated carbocycles. The Morgan fingerprint density at radius 1 is 1.32 bits per heavy atom. The molecule has 1 aromatic rings. The minimum absolute atomic E-state index is 0. The first kappa shape index (κ1) is 26.4. The van der Waals surface area contributed by atoms with Crippen LogP contribution in [0.2, 0.25) is 0 Å². The van der Waals surface area contributed by atoms with E-state index in [2.05, 4.69) is 54.4 Å². The number of aromatic amines is 1. The van der Waals surface area contributed by atoms with E-state index in [1.807, 2.05) is 0 Å². The van der Waals surface area contributed by atoms with Crippen LogP contribution < -0.4 is 5.32 Å². The first-order valence-electron chi connectivity index (χ1n) is 7.92. The molecule has 0 aliphatic rings. The zero-order valence-corrected chi connectivity index (χ0v) is 17.9. The van der Waals surface area contributed by atoms with E-state index in [-0.39, 0.29) is 28.8 Å². The summed E-state index contributed by atoms with van der Waals surface area (Å²) in [6.07, 6.45) is 6.88. The maximum atomic E-state index is 11.3. The number of rotatable bonds is 9.